The predicted octanol–water partition coefficient (Wildman–Crippen LogP) is 1.22. The molecular weight excluding hydrogens is 282 g/mol. The summed E-state index contributed by atoms with van der Waals surface area (Å²) >= 11 is 0. The number of aryl methyl sites for hydroxylation is 1. The molecule has 1 amide bonds. The van der Waals surface area contributed by atoms with Crippen LogP contribution in [0, 0.1) is 5.92 Å². The minimum Gasteiger partial charge on any atom is -0.408 e. The Balaban J connectivity index is 1.72. The summed E-state index contributed by atoms with van der Waals surface area (Å²) in [5.41, 5.74) is 7.84. The van der Waals surface area contributed by atoms with Gasteiger partial charge in [0.05, 0.1) is 5.52 Å². The van der Waals surface area contributed by atoms with Crippen molar-refractivity contribution in [2.75, 3.05) is 13.1 Å². The normalized spacial score (nSPS) is 19.6. The molecule has 1 fully saturated rings. The number of carbonyl (C=O) groups excluding carboxylic acids is 1. The minimum absolute atomic E-state index is 0.223. The van der Waals surface area contributed by atoms with Crippen molar-refractivity contribution in [2.45, 2.75) is 25.8 Å². The Bertz CT molecular complexity index is 747. The first-order chi connectivity index (χ1) is 10.5. The fourth-order valence-electron chi connectivity index (χ4n) is 3.28. The molecule has 2 heterocycles. The summed E-state index contributed by atoms with van der Waals surface area (Å²) in [6.07, 6.45) is 2.61. The topological polar surface area (TPSA) is 81.5 Å². The number of piperidine rings is 1. The van der Waals surface area contributed by atoms with Crippen molar-refractivity contribution >= 4 is 17.0 Å². The van der Waals surface area contributed by atoms with Crippen molar-refractivity contribution in [3.8, 4) is 0 Å². The summed E-state index contributed by atoms with van der Waals surface area (Å²) in [7, 11) is 1.70. The Morgan fingerprint density at radius 3 is 3.05 bits per heavy atom. The smallest absolute Gasteiger partial charge is 0.408 e. The van der Waals surface area contributed by atoms with Gasteiger partial charge in [-0.25, -0.2) is 4.79 Å². The van der Waals surface area contributed by atoms with Gasteiger partial charge in [-0.2, -0.15) is 0 Å². The molecule has 0 radical (unpaired) electrons. The van der Waals surface area contributed by atoms with Gasteiger partial charge in [0.2, 0.25) is 5.91 Å². The van der Waals surface area contributed by atoms with Crippen LogP contribution >= 0.6 is 0 Å². The van der Waals surface area contributed by atoms with Gasteiger partial charge in [0, 0.05) is 26.6 Å². The van der Waals surface area contributed by atoms with Crippen molar-refractivity contribution < 1.29 is 9.21 Å². The number of primary amides is 1. The van der Waals surface area contributed by atoms with Gasteiger partial charge in [0.15, 0.2) is 5.58 Å². The number of aromatic nitrogens is 1. The van der Waals surface area contributed by atoms with E-state index in [1.807, 2.05) is 18.2 Å². The minimum atomic E-state index is -0.341. The number of oxazole rings is 1. The SMILES string of the molecule is Cn1c(=O)oc2cc(CN3CCC[C@H](CC(N)=O)C3)ccc21. The van der Waals surface area contributed by atoms with Crippen LogP contribution in [-0.2, 0) is 18.4 Å². The van der Waals surface area contributed by atoms with Crippen molar-refractivity contribution in [3.63, 3.8) is 0 Å². The van der Waals surface area contributed by atoms with Crippen LogP contribution in [0.5, 0.6) is 0 Å². The summed E-state index contributed by atoms with van der Waals surface area (Å²) in [6, 6.07) is 5.86. The van der Waals surface area contributed by atoms with E-state index in [9.17, 15) is 9.59 Å². The molecule has 1 aliphatic heterocycles. The number of fused-ring (bicyclic) bond motifs is 1. The van der Waals surface area contributed by atoms with Crippen LogP contribution in [0.4, 0.5) is 0 Å². The zero-order valence-electron chi connectivity index (χ0n) is 12.7. The molecular formula is C16H21N3O3. The van der Waals surface area contributed by atoms with E-state index in [4.69, 9.17) is 10.2 Å². The third-order valence-electron chi connectivity index (χ3n) is 4.36. The molecule has 2 N–H and O–H groups in total. The maximum absolute atomic E-state index is 11.5. The van der Waals surface area contributed by atoms with E-state index in [1.165, 1.54) is 4.57 Å². The largest absolute Gasteiger partial charge is 0.419 e. The fraction of sp³-hybridized carbons (Fsp3) is 0.500. The van der Waals surface area contributed by atoms with E-state index in [0.717, 1.165) is 43.6 Å². The molecule has 6 heteroatoms. The van der Waals surface area contributed by atoms with Crippen LogP contribution in [0.3, 0.4) is 0 Å². The van der Waals surface area contributed by atoms with Gasteiger partial charge in [-0.15, -0.1) is 0 Å². The van der Waals surface area contributed by atoms with Crippen LogP contribution in [0.15, 0.2) is 27.4 Å². The molecule has 0 spiro atoms. The highest BCUT2D eigenvalue weighted by atomic mass is 16.4. The zero-order valence-corrected chi connectivity index (χ0v) is 12.7. The van der Waals surface area contributed by atoms with Crippen molar-refractivity contribution in [1.29, 1.82) is 0 Å². The number of nitrogens with zero attached hydrogens (tertiary/aromatic N) is 2. The van der Waals surface area contributed by atoms with E-state index in [0.29, 0.717) is 17.9 Å². The van der Waals surface area contributed by atoms with Crippen LogP contribution in [0.2, 0.25) is 0 Å². The molecule has 0 saturated carbocycles. The Labute approximate surface area is 128 Å². The predicted molar refractivity (Wildman–Crippen MR) is 83.3 cm³/mol. The molecule has 118 valence electrons. The Hall–Kier alpha value is -2.08. The molecule has 2 aromatic rings. The Morgan fingerprint density at radius 1 is 1.45 bits per heavy atom. The highest BCUT2D eigenvalue weighted by molar-refractivity contribution is 5.74. The molecule has 0 bridgehead atoms. The Kier molecular flexibility index (Phi) is 4.02. The second-order valence-electron chi connectivity index (χ2n) is 6.14. The summed E-state index contributed by atoms with van der Waals surface area (Å²) < 4.78 is 6.73. The van der Waals surface area contributed by atoms with Gasteiger partial charge < -0.3 is 10.2 Å². The number of likely N-dealkylation sites (tertiary alicyclic amines) is 1. The number of hydrogen-bond acceptors (Lipinski definition) is 4. The summed E-state index contributed by atoms with van der Waals surface area (Å²) in [6.45, 7) is 2.70. The van der Waals surface area contributed by atoms with E-state index in [1.54, 1.807) is 7.05 Å². The molecule has 0 unspecified atom stereocenters. The molecule has 1 saturated heterocycles. The van der Waals surface area contributed by atoms with Gasteiger partial charge in [-0.1, -0.05) is 6.07 Å². The number of hydrogen-bond donors (Lipinski definition) is 1. The molecule has 1 atom stereocenters. The van der Waals surface area contributed by atoms with Crippen LogP contribution in [0.25, 0.3) is 11.1 Å². The number of amides is 1. The maximum Gasteiger partial charge on any atom is 0.419 e. The Morgan fingerprint density at radius 2 is 2.27 bits per heavy atom. The summed E-state index contributed by atoms with van der Waals surface area (Å²) in [5, 5.41) is 0. The molecule has 1 aromatic carbocycles. The van der Waals surface area contributed by atoms with Crippen molar-refractivity contribution in [2.24, 2.45) is 18.7 Å². The average Bonchev–Trinajstić information content (AvgIpc) is 2.73. The van der Waals surface area contributed by atoms with Gasteiger partial charge in [-0.3, -0.25) is 14.3 Å². The van der Waals surface area contributed by atoms with E-state index in [2.05, 4.69) is 4.90 Å². The number of nitrogens with two attached hydrogens (primary N) is 1. The maximum atomic E-state index is 11.5. The van der Waals surface area contributed by atoms with Gasteiger partial charge >= 0.3 is 5.76 Å². The molecule has 22 heavy (non-hydrogen) atoms. The third-order valence-corrected chi connectivity index (χ3v) is 4.36. The first-order valence-corrected chi connectivity index (χ1v) is 7.62. The standard InChI is InChI=1S/C16H21N3O3/c1-18-13-5-4-12(7-14(13)22-16(18)21)10-19-6-2-3-11(9-19)8-15(17)20/h4-5,7,11H,2-3,6,8-10H2,1H3,(H2,17,20)/t11-/m1/s1. The lowest BCUT2D eigenvalue weighted by Crippen LogP contribution is -2.36. The zero-order chi connectivity index (χ0) is 15.7. The van der Waals surface area contributed by atoms with Gasteiger partial charge in [-0.05, 0) is 43.0 Å². The van der Waals surface area contributed by atoms with E-state index < -0.39 is 0 Å². The highest BCUT2D eigenvalue weighted by Crippen LogP contribution is 2.22. The lowest BCUT2D eigenvalue weighted by Gasteiger charge is -2.32. The number of rotatable bonds is 4. The van der Waals surface area contributed by atoms with Gasteiger partial charge in [0.25, 0.3) is 0 Å². The lowest BCUT2D eigenvalue weighted by atomic mass is 9.94. The van der Waals surface area contributed by atoms with Crippen LogP contribution in [-0.4, -0.2) is 28.5 Å². The highest BCUT2D eigenvalue weighted by Gasteiger charge is 2.21. The fourth-order valence-corrected chi connectivity index (χ4v) is 3.28. The molecule has 3 rings (SSSR count). The average molecular weight is 303 g/mol. The van der Waals surface area contributed by atoms with Gasteiger partial charge in [0.1, 0.15) is 0 Å². The number of carbonyl (C=O) groups is 1. The van der Waals surface area contributed by atoms with E-state index in [-0.39, 0.29) is 11.7 Å². The molecule has 1 aliphatic rings. The second kappa shape index (κ2) is 5.96. The van der Waals surface area contributed by atoms with Crippen LogP contribution < -0.4 is 11.5 Å². The summed E-state index contributed by atoms with van der Waals surface area (Å²) in [4.78, 5) is 24.9. The molecule has 0 aliphatic carbocycles. The molecule has 1 aromatic heterocycles. The summed E-state index contributed by atoms with van der Waals surface area (Å²) in [5.74, 6) is -0.212. The first-order valence-electron chi connectivity index (χ1n) is 7.62. The third kappa shape index (κ3) is 3.06. The quantitative estimate of drug-likeness (QED) is 0.920. The van der Waals surface area contributed by atoms with Crippen molar-refractivity contribution in [3.05, 3.63) is 34.3 Å². The second-order valence-corrected chi connectivity index (χ2v) is 6.14. The van der Waals surface area contributed by atoms with E-state index >= 15 is 0 Å². The van der Waals surface area contributed by atoms with Crippen LogP contribution in [0.1, 0.15) is 24.8 Å². The number of benzene rings is 1. The molecule has 6 nitrogen and oxygen atoms in total. The van der Waals surface area contributed by atoms with Crippen molar-refractivity contribution in [1.82, 2.24) is 9.47 Å². The monoisotopic (exact) mass is 303 g/mol. The lowest BCUT2D eigenvalue weighted by molar-refractivity contribution is -0.119. The first kappa shape index (κ1) is 14.8.